The van der Waals surface area contributed by atoms with Crippen LogP contribution in [0.1, 0.15) is 0 Å². The fourth-order valence-electron chi connectivity index (χ4n) is 6.43. The van der Waals surface area contributed by atoms with Crippen molar-refractivity contribution in [3.8, 4) is 28.3 Å². The summed E-state index contributed by atoms with van der Waals surface area (Å²) in [4.78, 5) is 11.4. The molecule has 0 fully saturated rings. The van der Waals surface area contributed by atoms with Gasteiger partial charge in [0.15, 0.2) is 0 Å². The Morgan fingerprint density at radius 3 is 2.12 bits per heavy atom. The van der Waals surface area contributed by atoms with E-state index < -0.39 is 0 Å². The number of fused-ring (bicyclic) bond motifs is 7. The summed E-state index contributed by atoms with van der Waals surface area (Å²) in [5, 5.41) is 10.6. The smallest absolute Gasteiger partial charge is 0.236 e. The lowest BCUT2D eigenvalue weighted by Crippen LogP contribution is -2.02. The zero-order chi connectivity index (χ0) is 27.6. The number of hydrogen-bond donors (Lipinski definition) is 0. The van der Waals surface area contributed by atoms with E-state index in [1.165, 1.54) is 43.4 Å². The van der Waals surface area contributed by atoms with E-state index in [1.807, 2.05) is 0 Å². The molecule has 3 heterocycles. The Bertz CT molecular complexity index is 2480. The lowest BCUT2D eigenvalue weighted by atomic mass is 9.96. The lowest BCUT2D eigenvalue weighted by molar-refractivity contribution is 1.02. The van der Waals surface area contributed by atoms with Crippen molar-refractivity contribution in [3.05, 3.63) is 139 Å². The van der Waals surface area contributed by atoms with Crippen LogP contribution in [-0.2, 0) is 0 Å². The van der Waals surface area contributed by atoms with Crippen molar-refractivity contribution in [1.29, 1.82) is 0 Å². The van der Waals surface area contributed by atoms with Crippen LogP contribution in [0.15, 0.2) is 139 Å². The van der Waals surface area contributed by atoms with Crippen LogP contribution < -0.4 is 0 Å². The summed E-state index contributed by atoms with van der Waals surface area (Å²) in [7, 11) is 0. The maximum Gasteiger partial charge on any atom is 0.236 e. The van der Waals surface area contributed by atoms with Crippen LogP contribution >= 0.6 is 11.3 Å². The van der Waals surface area contributed by atoms with Crippen molar-refractivity contribution in [3.63, 3.8) is 0 Å². The van der Waals surface area contributed by atoms with Crippen LogP contribution in [0.4, 0.5) is 0 Å². The van der Waals surface area contributed by atoms with E-state index in [4.69, 9.17) is 9.97 Å². The first kappa shape index (κ1) is 23.4. The van der Waals surface area contributed by atoms with Crippen LogP contribution in [0.25, 0.3) is 81.9 Å². The summed E-state index contributed by atoms with van der Waals surface area (Å²) in [6.45, 7) is 0. The average molecular weight is 554 g/mol. The molecule has 0 atom stereocenters. The zero-order valence-electron chi connectivity index (χ0n) is 22.5. The van der Waals surface area contributed by atoms with Crippen LogP contribution in [-0.4, -0.2) is 14.5 Å². The molecule has 9 aromatic rings. The van der Waals surface area contributed by atoms with Gasteiger partial charge in [0.25, 0.3) is 0 Å². The van der Waals surface area contributed by atoms with E-state index in [2.05, 4.69) is 143 Å². The third-order valence-electron chi connectivity index (χ3n) is 8.31. The van der Waals surface area contributed by atoms with Gasteiger partial charge in [-0.25, -0.2) is 9.97 Å². The minimum absolute atomic E-state index is 0.692. The number of rotatable bonds is 3. The molecule has 0 aliphatic rings. The largest absolute Gasteiger partial charge is 0.278 e. The maximum absolute atomic E-state index is 5.32. The molecule has 0 N–H and O–H groups in total. The number of nitrogens with zero attached hydrogens (tertiary/aromatic N) is 3. The second-order valence-electron chi connectivity index (χ2n) is 10.7. The Morgan fingerprint density at radius 1 is 0.500 bits per heavy atom. The third-order valence-corrected chi connectivity index (χ3v) is 9.12. The molecule has 4 heteroatoms. The number of benzene rings is 6. The number of aromatic nitrogens is 3. The highest BCUT2D eigenvalue weighted by Gasteiger charge is 2.19. The van der Waals surface area contributed by atoms with Gasteiger partial charge in [0.1, 0.15) is 4.83 Å². The molecule has 0 aliphatic heterocycles. The van der Waals surface area contributed by atoms with Crippen LogP contribution in [0.3, 0.4) is 0 Å². The molecule has 3 aromatic heterocycles. The van der Waals surface area contributed by atoms with E-state index in [0.717, 1.165) is 32.5 Å². The summed E-state index contributed by atoms with van der Waals surface area (Å²) >= 11 is 1.66. The first-order chi connectivity index (χ1) is 20.8. The quantitative estimate of drug-likeness (QED) is 0.218. The average Bonchev–Trinajstić information content (AvgIpc) is 3.67. The van der Waals surface area contributed by atoms with Crippen LogP contribution in [0.2, 0.25) is 0 Å². The number of thiophene rings is 1. The molecule has 9 rings (SSSR count). The minimum atomic E-state index is 0.692. The van der Waals surface area contributed by atoms with E-state index in [0.29, 0.717) is 5.95 Å². The van der Waals surface area contributed by atoms with Crippen molar-refractivity contribution in [2.75, 3.05) is 0 Å². The Hall–Kier alpha value is -5.32. The zero-order valence-corrected chi connectivity index (χ0v) is 23.3. The first-order valence-electron chi connectivity index (χ1n) is 14.1. The normalized spacial score (nSPS) is 11.8. The van der Waals surface area contributed by atoms with Crippen molar-refractivity contribution in [2.45, 2.75) is 0 Å². The Kier molecular flexibility index (Phi) is 5.07. The van der Waals surface area contributed by atoms with Gasteiger partial charge in [-0.15, -0.1) is 11.3 Å². The standard InChI is InChI=1S/C38H23N3S/c1-3-14-28-24(9-1)11-8-17-29(28)26-12-7-13-27(23-26)36-32-21-22-42-37(32)40-38(39-36)41-33-18-6-5-16-31(33)35-30-15-4-2-10-25(30)19-20-34(35)41/h1-23H. The van der Waals surface area contributed by atoms with Crippen molar-refractivity contribution >= 4 is 64.9 Å². The fraction of sp³-hybridized carbons (Fsp3) is 0. The van der Waals surface area contributed by atoms with Crippen molar-refractivity contribution in [1.82, 2.24) is 14.5 Å². The second-order valence-corrected chi connectivity index (χ2v) is 11.5. The molecular formula is C38H23N3S. The SMILES string of the molecule is c1cc(-c2cccc3ccccc23)cc(-c2nc(-n3c4ccccc4c4c5ccccc5ccc43)nc3sccc23)c1. The molecule has 6 aromatic carbocycles. The van der Waals surface area contributed by atoms with E-state index >= 15 is 0 Å². The van der Waals surface area contributed by atoms with Crippen LogP contribution in [0.5, 0.6) is 0 Å². The summed E-state index contributed by atoms with van der Waals surface area (Å²) in [6, 6.07) is 47.6. The van der Waals surface area contributed by atoms with Crippen molar-refractivity contribution < 1.29 is 0 Å². The molecule has 0 radical (unpaired) electrons. The summed E-state index contributed by atoms with van der Waals surface area (Å²) in [5.41, 5.74) is 6.65. The lowest BCUT2D eigenvalue weighted by Gasteiger charge is -2.12. The van der Waals surface area contributed by atoms with Gasteiger partial charge in [-0.2, -0.15) is 0 Å². The van der Waals surface area contributed by atoms with Crippen LogP contribution in [0, 0.1) is 0 Å². The van der Waals surface area contributed by atoms with Gasteiger partial charge in [-0.1, -0.05) is 109 Å². The summed E-state index contributed by atoms with van der Waals surface area (Å²) in [5.74, 6) is 0.692. The number of hydrogen-bond acceptors (Lipinski definition) is 3. The maximum atomic E-state index is 5.32. The Morgan fingerprint density at radius 2 is 1.21 bits per heavy atom. The third kappa shape index (κ3) is 3.46. The second kappa shape index (κ2) is 9.10. The molecule has 0 saturated carbocycles. The highest BCUT2D eigenvalue weighted by Crippen LogP contribution is 2.39. The van der Waals surface area contributed by atoms with Gasteiger partial charge >= 0.3 is 0 Å². The monoisotopic (exact) mass is 553 g/mol. The van der Waals surface area contributed by atoms with E-state index in [9.17, 15) is 0 Å². The minimum Gasteiger partial charge on any atom is -0.278 e. The van der Waals surface area contributed by atoms with E-state index in [1.54, 1.807) is 11.3 Å². The van der Waals surface area contributed by atoms with Gasteiger partial charge in [0.05, 0.1) is 16.7 Å². The van der Waals surface area contributed by atoms with Gasteiger partial charge in [-0.3, -0.25) is 4.57 Å². The molecule has 42 heavy (non-hydrogen) atoms. The van der Waals surface area contributed by atoms with Gasteiger partial charge < -0.3 is 0 Å². The molecule has 0 amide bonds. The predicted octanol–water partition coefficient (Wildman–Crippen LogP) is 10.4. The van der Waals surface area contributed by atoms with Crippen molar-refractivity contribution in [2.24, 2.45) is 0 Å². The molecule has 196 valence electrons. The first-order valence-corrected chi connectivity index (χ1v) is 15.0. The molecule has 0 aliphatic carbocycles. The molecule has 3 nitrogen and oxygen atoms in total. The number of para-hydroxylation sites is 1. The molecule has 0 unspecified atom stereocenters. The molecule has 0 spiro atoms. The van der Waals surface area contributed by atoms with Gasteiger partial charge in [0, 0.05) is 21.7 Å². The molecule has 0 saturated heterocycles. The molecule has 0 bridgehead atoms. The Labute approximate surface area is 246 Å². The topological polar surface area (TPSA) is 30.7 Å². The Balaban J connectivity index is 1.31. The van der Waals surface area contributed by atoms with Gasteiger partial charge in [-0.05, 0) is 62.3 Å². The molecular weight excluding hydrogens is 531 g/mol. The predicted molar refractivity (Wildman–Crippen MR) is 178 cm³/mol. The highest BCUT2D eigenvalue weighted by atomic mass is 32.1. The van der Waals surface area contributed by atoms with Gasteiger partial charge in [0.2, 0.25) is 5.95 Å². The summed E-state index contributed by atoms with van der Waals surface area (Å²) < 4.78 is 2.23. The highest BCUT2D eigenvalue weighted by molar-refractivity contribution is 7.16. The summed E-state index contributed by atoms with van der Waals surface area (Å²) in [6.07, 6.45) is 0. The van der Waals surface area contributed by atoms with E-state index in [-0.39, 0.29) is 0 Å². The fourth-order valence-corrected chi connectivity index (χ4v) is 7.19.